The average Bonchev–Trinajstić information content (AvgIpc) is 3.26. The SMILES string of the molecule is C[C@H]1CN(c2ncnc3c2C=C(c2ccncc2)C3)CCN1C(=O)Nc1ccc(F)c(Cl)c1. The van der Waals surface area contributed by atoms with E-state index in [1.54, 1.807) is 23.6 Å². The Morgan fingerprint density at radius 2 is 2.00 bits per heavy atom. The molecule has 1 aliphatic carbocycles. The summed E-state index contributed by atoms with van der Waals surface area (Å²) in [5.74, 6) is 0.372. The summed E-state index contributed by atoms with van der Waals surface area (Å²) < 4.78 is 13.4. The maximum Gasteiger partial charge on any atom is 0.322 e. The van der Waals surface area contributed by atoms with E-state index in [9.17, 15) is 9.18 Å². The van der Waals surface area contributed by atoms with Crippen LogP contribution >= 0.6 is 11.6 Å². The zero-order valence-electron chi connectivity index (χ0n) is 18.0. The number of benzene rings is 1. The van der Waals surface area contributed by atoms with Crippen LogP contribution in [0.3, 0.4) is 0 Å². The molecule has 0 bridgehead atoms. The molecule has 168 valence electrons. The third-order valence-corrected chi connectivity index (χ3v) is 6.32. The Balaban J connectivity index is 1.30. The van der Waals surface area contributed by atoms with Crippen LogP contribution in [0, 0.1) is 5.82 Å². The Hall–Kier alpha value is -3.52. The van der Waals surface area contributed by atoms with Gasteiger partial charge in [0.15, 0.2) is 0 Å². The number of hydrogen-bond acceptors (Lipinski definition) is 5. The van der Waals surface area contributed by atoms with Crippen LogP contribution in [0.25, 0.3) is 11.6 Å². The van der Waals surface area contributed by atoms with Crippen molar-refractivity contribution in [2.75, 3.05) is 29.9 Å². The van der Waals surface area contributed by atoms with Crippen molar-refractivity contribution in [1.29, 1.82) is 0 Å². The topological polar surface area (TPSA) is 74.2 Å². The van der Waals surface area contributed by atoms with Crippen LogP contribution in [-0.4, -0.2) is 51.6 Å². The Morgan fingerprint density at radius 1 is 1.18 bits per heavy atom. The smallest absolute Gasteiger partial charge is 0.322 e. The number of piperazine rings is 1. The summed E-state index contributed by atoms with van der Waals surface area (Å²) >= 11 is 5.83. The van der Waals surface area contributed by atoms with Crippen LogP contribution in [0.1, 0.15) is 23.7 Å². The number of aromatic nitrogens is 3. The molecule has 3 heterocycles. The number of allylic oxidation sites excluding steroid dienone is 1. The number of rotatable bonds is 3. The maximum absolute atomic E-state index is 13.4. The van der Waals surface area contributed by atoms with Crippen molar-refractivity contribution in [1.82, 2.24) is 19.9 Å². The normalized spacial score (nSPS) is 17.5. The van der Waals surface area contributed by atoms with Crippen LogP contribution in [0.2, 0.25) is 5.02 Å². The second-order valence-electron chi connectivity index (χ2n) is 8.19. The molecule has 1 aromatic carbocycles. The van der Waals surface area contributed by atoms with Gasteiger partial charge in [-0.3, -0.25) is 4.98 Å². The third-order valence-electron chi connectivity index (χ3n) is 6.03. The van der Waals surface area contributed by atoms with Crippen LogP contribution < -0.4 is 10.2 Å². The lowest BCUT2D eigenvalue weighted by molar-refractivity contribution is 0.184. The molecule has 2 amide bonds. The number of amides is 2. The van der Waals surface area contributed by atoms with Gasteiger partial charge in [0.1, 0.15) is 18.0 Å². The fourth-order valence-electron chi connectivity index (χ4n) is 4.34. The Bertz CT molecular complexity index is 1230. The molecule has 1 saturated heterocycles. The van der Waals surface area contributed by atoms with E-state index < -0.39 is 5.82 Å². The van der Waals surface area contributed by atoms with Crippen molar-refractivity contribution in [2.24, 2.45) is 0 Å². The van der Waals surface area contributed by atoms with E-state index in [4.69, 9.17) is 11.6 Å². The molecule has 1 aliphatic heterocycles. The number of hydrogen-bond donors (Lipinski definition) is 1. The maximum atomic E-state index is 13.4. The Kier molecular flexibility index (Phi) is 5.68. The summed E-state index contributed by atoms with van der Waals surface area (Å²) in [5.41, 5.74) is 4.83. The van der Waals surface area contributed by atoms with Gasteiger partial charge in [0, 0.05) is 55.7 Å². The van der Waals surface area contributed by atoms with E-state index in [1.165, 1.54) is 23.8 Å². The lowest BCUT2D eigenvalue weighted by Gasteiger charge is -2.40. The molecule has 2 aliphatic rings. The zero-order valence-corrected chi connectivity index (χ0v) is 18.8. The number of pyridine rings is 1. The number of carbonyl (C=O) groups is 1. The monoisotopic (exact) mass is 464 g/mol. The summed E-state index contributed by atoms with van der Waals surface area (Å²) in [6, 6.07) is 7.85. The highest BCUT2D eigenvalue weighted by molar-refractivity contribution is 6.31. The fraction of sp³-hybridized carbons (Fsp3) is 0.250. The molecular weight excluding hydrogens is 443 g/mol. The van der Waals surface area contributed by atoms with Crippen molar-refractivity contribution in [3.05, 3.63) is 76.7 Å². The Morgan fingerprint density at radius 3 is 2.76 bits per heavy atom. The molecule has 33 heavy (non-hydrogen) atoms. The van der Waals surface area contributed by atoms with Crippen molar-refractivity contribution in [3.63, 3.8) is 0 Å². The summed E-state index contributed by atoms with van der Waals surface area (Å²) in [6.45, 7) is 3.81. The van der Waals surface area contributed by atoms with Gasteiger partial charge in [-0.25, -0.2) is 19.2 Å². The van der Waals surface area contributed by atoms with E-state index in [2.05, 4.69) is 31.2 Å². The van der Waals surface area contributed by atoms with Gasteiger partial charge in [0.25, 0.3) is 0 Å². The minimum atomic E-state index is -0.518. The quantitative estimate of drug-likeness (QED) is 0.617. The van der Waals surface area contributed by atoms with Gasteiger partial charge in [0.2, 0.25) is 0 Å². The average molecular weight is 465 g/mol. The highest BCUT2D eigenvalue weighted by Crippen LogP contribution is 2.35. The van der Waals surface area contributed by atoms with Crippen LogP contribution in [0.15, 0.2) is 49.1 Å². The van der Waals surface area contributed by atoms with E-state index in [0.29, 0.717) is 25.3 Å². The molecule has 0 saturated carbocycles. The molecule has 0 spiro atoms. The predicted molar refractivity (Wildman–Crippen MR) is 127 cm³/mol. The highest BCUT2D eigenvalue weighted by atomic mass is 35.5. The van der Waals surface area contributed by atoms with Crippen molar-refractivity contribution in [3.8, 4) is 0 Å². The second kappa shape index (κ2) is 8.78. The number of anilines is 2. The molecule has 7 nitrogen and oxygen atoms in total. The van der Waals surface area contributed by atoms with Gasteiger partial charge in [-0.05, 0) is 54.5 Å². The van der Waals surface area contributed by atoms with E-state index in [0.717, 1.165) is 29.1 Å². The first kappa shape index (κ1) is 21.3. The number of fused-ring (bicyclic) bond motifs is 1. The molecule has 0 radical (unpaired) electrons. The number of urea groups is 1. The van der Waals surface area contributed by atoms with E-state index in [1.807, 2.05) is 19.1 Å². The van der Waals surface area contributed by atoms with E-state index in [-0.39, 0.29) is 17.1 Å². The lowest BCUT2D eigenvalue weighted by Crippen LogP contribution is -2.55. The standard InChI is InChI=1S/C24H22ClFN6O/c1-15-13-31(8-9-32(15)24(33)30-18-2-3-21(26)20(25)12-18)23-19-10-17(11-22(19)28-14-29-23)16-4-6-27-7-5-16/h2-7,10,12,14-15H,8-9,11,13H2,1H3,(H,30,33)/t15-/m0/s1. The number of carbonyl (C=O) groups excluding carboxylic acids is 1. The minimum Gasteiger partial charge on any atom is -0.352 e. The van der Waals surface area contributed by atoms with Crippen molar-refractivity contribution in [2.45, 2.75) is 19.4 Å². The summed E-state index contributed by atoms with van der Waals surface area (Å²) in [5, 5.41) is 2.78. The third kappa shape index (κ3) is 4.26. The number of nitrogens with one attached hydrogen (secondary N) is 1. The van der Waals surface area contributed by atoms with E-state index >= 15 is 0 Å². The minimum absolute atomic E-state index is 0.0255. The summed E-state index contributed by atoms with van der Waals surface area (Å²) in [4.78, 5) is 30.0. The number of nitrogens with zero attached hydrogens (tertiary/aromatic N) is 5. The second-order valence-corrected chi connectivity index (χ2v) is 8.59. The largest absolute Gasteiger partial charge is 0.352 e. The van der Waals surface area contributed by atoms with Crippen LogP contribution in [-0.2, 0) is 6.42 Å². The van der Waals surface area contributed by atoms with Gasteiger partial charge < -0.3 is 15.1 Å². The van der Waals surface area contributed by atoms with Gasteiger partial charge >= 0.3 is 6.03 Å². The Labute approximate surface area is 195 Å². The first-order chi connectivity index (χ1) is 16.0. The van der Waals surface area contributed by atoms with Crippen molar-refractivity contribution < 1.29 is 9.18 Å². The first-order valence-corrected chi connectivity index (χ1v) is 11.1. The van der Waals surface area contributed by atoms with Gasteiger partial charge in [-0.2, -0.15) is 0 Å². The molecule has 0 unspecified atom stereocenters. The molecule has 2 aromatic heterocycles. The molecule has 1 N–H and O–H groups in total. The van der Waals surface area contributed by atoms with Crippen molar-refractivity contribution >= 4 is 40.8 Å². The fourth-order valence-corrected chi connectivity index (χ4v) is 4.52. The highest BCUT2D eigenvalue weighted by Gasteiger charge is 2.30. The summed E-state index contributed by atoms with van der Waals surface area (Å²) in [7, 11) is 0. The molecule has 5 rings (SSSR count). The molecule has 3 aromatic rings. The molecule has 9 heteroatoms. The predicted octanol–water partition coefficient (Wildman–Crippen LogP) is 4.50. The van der Waals surface area contributed by atoms with Crippen LogP contribution in [0.5, 0.6) is 0 Å². The number of halogens is 2. The van der Waals surface area contributed by atoms with Gasteiger partial charge in [-0.15, -0.1) is 0 Å². The van der Waals surface area contributed by atoms with Gasteiger partial charge in [0.05, 0.1) is 10.7 Å². The van der Waals surface area contributed by atoms with Gasteiger partial charge in [-0.1, -0.05) is 11.6 Å². The lowest BCUT2D eigenvalue weighted by atomic mass is 10.1. The van der Waals surface area contributed by atoms with Crippen LogP contribution in [0.4, 0.5) is 20.7 Å². The first-order valence-electron chi connectivity index (χ1n) is 10.7. The molecule has 1 atom stereocenters. The zero-order chi connectivity index (χ0) is 22.9. The molecular formula is C24H22ClFN6O. The summed E-state index contributed by atoms with van der Waals surface area (Å²) in [6.07, 6.45) is 8.10. The molecule has 1 fully saturated rings.